The molecule has 4 aromatic rings. The van der Waals surface area contributed by atoms with Gasteiger partial charge in [0.05, 0.1) is 12.2 Å². The van der Waals surface area contributed by atoms with E-state index in [1.165, 1.54) is 6.07 Å². The van der Waals surface area contributed by atoms with Crippen molar-refractivity contribution >= 4 is 29.2 Å². The van der Waals surface area contributed by atoms with Crippen LogP contribution in [0.25, 0.3) is 10.6 Å². The Bertz CT molecular complexity index is 1560. The van der Waals surface area contributed by atoms with Crippen LogP contribution in [0.2, 0.25) is 0 Å². The standard InChI is InChI=1S/C29H26F3N3O4S2/c1-27(2)35(26(36)37)28(3,17-39-27)25-34-33-24(41-25)19-12-13-23(22(14-19)29(30,31)32)40-21-11-7-10-20(15-21)38-16-18-8-5-4-6-9-18/h4-15H,16-17H2,1-3H3,(H,36,37). The molecule has 1 N–H and O–H groups in total. The Kier molecular flexibility index (Phi) is 7.75. The summed E-state index contributed by atoms with van der Waals surface area (Å²) in [6.45, 7) is 5.31. The van der Waals surface area contributed by atoms with E-state index in [0.29, 0.717) is 22.3 Å². The number of rotatable bonds is 7. The molecule has 0 saturated carbocycles. The van der Waals surface area contributed by atoms with Crippen LogP contribution in [0.15, 0.2) is 82.6 Å². The van der Waals surface area contributed by atoms with Gasteiger partial charge >= 0.3 is 12.3 Å². The molecule has 1 saturated heterocycles. The highest BCUT2D eigenvalue weighted by atomic mass is 32.2. The number of carboxylic acid groups (broad SMARTS) is 1. The van der Waals surface area contributed by atoms with Crippen LogP contribution in [0.1, 0.15) is 36.9 Å². The van der Waals surface area contributed by atoms with Crippen molar-refractivity contribution in [1.29, 1.82) is 0 Å². The molecule has 3 aromatic carbocycles. The summed E-state index contributed by atoms with van der Waals surface area (Å²) in [7, 11) is 0. The number of hydrogen-bond acceptors (Lipinski definition) is 7. The van der Waals surface area contributed by atoms with Gasteiger partial charge in [-0.1, -0.05) is 65.6 Å². The highest BCUT2D eigenvalue weighted by Crippen LogP contribution is 2.45. The van der Waals surface area contributed by atoms with Gasteiger partial charge in [-0.3, -0.25) is 4.90 Å². The Labute approximate surface area is 242 Å². The van der Waals surface area contributed by atoms with Gasteiger partial charge in [0.25, 0.3) is 0 Å². The number of alkyl halides is 3. The molecule has 1 unspecified atom stereocenters. The Balaban J connectivity index is 1.40. The Morgan fingerprint density at radius 3 is 2.54 bits per heavy atom. The largest absolute Gasteiger partial charge is 0.489 e. The van der Waals surface area contributed by atoms with E-state index in [2.05, 4.69) is 10.2 Å². The van der Waals surface area contributed by atoms with Crippen LogP contribution >= 0.6 is 23.1 Å². The third-order valence-electron chi connectivity index (χ3n) is 6.63. The third-order valence-corrected chi connectivity index (χ3v) is 8.92. The minimum atomic E-state index is -4.62. The average Bonchev–Trinajstić information content (AvgIpc) is 3.51. The van der Waals surface area contributed by atoms with Crippen LogP contribution in [-0.4, -0.2) is 38.6 Å². The van der Waals surface area contributed by atoms with Gasteiger partial charge in [-0.25, -0.2) is 4.79 Å². The minimum Gasteiger partial charge on any atom is -0.489 e. The first kappa shape index (κ1) is 28.9. The third kappa shape index (κ3) is 6.04. The average molecular weight is 602 g/mol. The minimum absolute atomic E-state index is 0.0288. The molecular formula is C29H26F3N3O4S2. The van der Waals surface area contributed by atoms with E-state index < -0.39 is 29.1 Å². The molecular weight excluding hydrogens is 575 g/mol. The predicted molar refractivity (Wildman–Crippen MR) is 149 cm³/mol. The number of halogens is 3. The first-order chi connectivity index (χ1) is 19.4. The first-order valence-corrected chi connectivity index (χ1v) is 14.2. The summed E-state index contributed by atoms with van der Waals surface area (Å²) in [5, 5.41) is 18.7. The van der Waals surface area contributed by atoms with Gasteiger partial charge in [0.1, 0.15) is 33.6 Å². The molecule has 0 spiro atoms. The molecule has 0 bridgehead atoms. The van der Waals surface area contributed by atoms with E-state index in [0.717, 1.165) is 39.6 Å². The van der Waals surface area contributed by atoms with Gasteiger partial charge < -0.3 is 14.6 Å². The molecule has 214 valence electrons. The van der Waals surface area contributed by atoms with Crippen LogP contribution in [0.3, 0.4) is 0 Å². The second-order valence-corrected chi connectivity index (χ2v) is 12.2. The lowest BCUT2D eigenvalue weighted by atomic mass is 10.0. The van der Waals surface area contributed by atoms with Crippen LogP contribution in [0, 0.1) is 0 Å². The summed E-state index contributed by atoms with van der Waals surface area (Å²) in [5.41, 5.74) is -1.83. The molecule has 1 atom stereocenters. The fourth-order valence-electron chi connectivity index (χ4n) is 4.67. The summed E-state index contributed by atoms with van der Waals surface area (Å²) in [6, 6.07) is 20.5. The summed E-state index contributed by atoms with van der Waals surface area (Å²) >= 11 is 2.03. The fourth-order valence-corrected chi connectivity index (χ4v) is 6.62. The lowest BCUT2D eigenvalue weighted by Gasteiger charge is -2.35. The predicted octanol–water partition coefficient (Wildman–Crippen LogP) is 7.92. The molecule has 1 fully saturated rings. The molecule has 1 amide bonds. The summed E-state index contributed by atoms with van der Waals surface area (Å²) < 4.78 is 54.2. The van der Waals surface area contributed by atoms with Gasteiger partial charge in [0, 0.05) is 15.4 Å². The number of nitrogens with zero attached hydrogens (tertiary/aromatic N) is 3. The van der Waals surface area contributed by atoms with E-state index in [-0.39, 0.29) is 22.1 Å². The normalized spacial score (nSPS) is 18.4. The SMILES string of the molecule is CC1(C)OCC(C)(c2nnc(-c3ccc(Sc4cccc(OCc5ccccc5)c4)c(C(F)(F)F)c3)s2)N1C(=O)O. The van der Waals surface area contributed by atoms with Crippen molar-refractivity contribution < 1.29 is 32.5 Å². The summed E-state index contributed by atoms with van der Waals surface area (Å²) in [5.74, 6) is 0.549. The zero-order chi connectivity index (χ0) is 29.4. The van der Waals surface area contributed by atoms with E-state index in [1.807, 2.05) is 30.3 Å². The first-order valence-electron chi connectivity index (χ1n) is 12.5. The number of carbonyl (C=O) groups is 1. The number of ether oxygens (including phenoxy) is 2. The van der Waals surface area contributed by atoms with E-state index >= 15 is 0 Å². The highest BCUT2D eigenvalue weighted by Gasteiger charge is 2.54. The van der Waals surface area contributed by atoms with E-state index in [4.69, 9.17) is 9.47 Å². The molecule has 7 nitrogen and oxygen atoms in total. The van der Waals surface area contributed by atoms with E-state index in [1.54, 1.807) is 51.1 Å². The summed E-state index contributed by atoms with van der Waals surface area (Å²) in [6.07, 6.45) is -5.81. The fraction of sp³-hybridized carbons (Fsp3) is 0.276. The van der Waals surface area contributed by atoms with Crippen molar-refractivity contribution in [3.05, 3.63) is 88.9 Å². The van der Waals surface area contributed by atoms with E-state index in [9.17, 15) is 23.1 Å². The maximum atomic E-state index is 14.2. The summed E-state index contributed by atoms with van der Waals surface area (Å²) in [4.78, 5) is 13.8. The van der Waals surface area contributed by atoms with Gasteiger partial charge in [0.15, 0.2) is 0 Å². The number of hydrogen-bond donors (Lipinski definition) is 1. The molecule has 5 rings (SSSR count). The second kappa shape index (κ2) is 11.0. The van der Waals surface area contributed by atoms with Crippen molar-refractivity contribution in [2.75, 3.05) is 6.61 Å². The molecule has 0 radical (unpaired) electrons. The molecule has 41 heavy (non-hydrogen) atoms. The van der Waals surface area contributed by atoms with Crippen molar-refractivity contribution in [1.82, 2.24) is 15.1 Å². The zero-order valence-electron chi connectivity index (χ0n) is 22.3. The quantitative estimate of drug-likeness (QED) is 0.230. The lowest BCUT2D eigenvalue weighted by molar-refractivity contribution is -0.139. The number of aromatic nitrogens is 2. The van der Waals surface area contributed by atoms with Gasteiger partial charge in [-0.2, -0.15) is 13.2 Å². The topological polar surface area (TPSA) is 84.8 Å². The lowest BCUT2D eigenvalue weighted by Crippen LogP contribution is -2.51. The molecule has 12 heteroatoms. The number of benzene rings is 3. The van der Waals surface area contributed by atoms with Crippen LogP contribution in [-0.2, 0) is 23.1 Å². The highest BCUT2D eigenvalue weighted by molar-refractivity contribution is 7.99. The second-order valence-electron chi connectivity index (χ2n) is 10.1. The van der Waals surface area contributed by atoms with Crippen LogP contribution in [0.5, 0.6) is 5.75 Å². The Hall–Kier alpha value is -3.61. The Morgan fingerprint density at radius 1 is 1.07 bits per heavy atom. The zero-order valence-corrected chi connectivity index (χ0v) is 23.9. The van der Waals surface area contributed by atoms with Gasteiger partial charge in [-0.15, -0.1) is 10.2 Å². The van der Waals surface area contributed by atoms with Crippen molar-refractivity contribution in [3.8, 4) is 16.3 Å². The molecule has 1 aromatic heterocycles. The molecule has 1 aliphatic rings. The maximum absolute atomic E-state index is 14.2. The van der Waals surface area contributed by atoms with Gasteiger partial charge in [0.2, 0.25) is 0 Å². The Morgan fingerprint density at radius 2 is 1.83 bits per heavy atom. The molecule has 0 aliphatic carbocycles. The molecule has 2 heterocycles. The van der Waals surface area contributed by atoms with Crippen molar-refractivity contribution in [2.24, 2.45) is 0 Å². The molecule has 1 aliphatic heterocycles. The maximum Gasteiger partial charge on any atom is 0.417 e. The van der Waals surface area contributed by atoms with Crippen molar-refractivity contribution in [3.63, 3.8) is 0 Å². The monoisotopic (exact) mass is 601 g/mol. The van der Waals surface area contributed by atoms with Crippen LogP contribution < -0.4 is 4.74 Å². The van der Waals surface area contributed by atoms with Crippen LogP contribution in [0.4, 0.5) is 18.0 Å². The smallest absolute Gasteiger partial charge is 0.417 e. The van der Waals surface area contributed by atoms with Gasteiger partial charge in [-0.05, 0) is 56.7 Å². The number of amides is 1. The van der Waals surface area contributed by atoms with Crippen molar-refractivity contribution in [2.45, 2.75) is 54.6 Å².